The SMILES string of the molecule is OC(CCC1CCCO1)c1cccc(C(F)F)c1. The lowest BCUT2D eigenvalue weighted by molar-refractivity contribution is 0.0810. The van der Waals surface area contributed by atoms with Crippen molar-refractivity contribution < 1.29 is 18.6 Å². The molecule has 0 spiro atoms. The molecule has 1 aromatic rings. The molecule has 2 rings (SSSR count). The fraction of sp³-hybridized carbons (Fsp3) is 0.571. The lowest BCUT2D eigenvalue weighted by atomic mass is 10.00. The molecule has 0 radical (unpaired) electrons. The number of hydrogen-bond donors (Lipinski definition) is 1. The topological polar surface area (TPSA) is 29.5 Å². The zero-order valence-electron chi connectivity index (χ0n) is 10.2. The molecule has 1 N–H and O–H groups in total. The van der Waals surface area contributed by atoms with Crippen LogP contribution >= 0.6 is 0 Å². The van der Waals surface area contributed by atoms with Crippen molar-refractivity contribution in [1.29, 1.82) is 0 Å². The molecule has 4 heteroatoms. The molecule has 0 aliphatic carbocycles. The summed E-state index contributed by atoms with van der Waals surface area (Å²) in [6.07, 6.45) is 0.476. The first-order chi connectivity index (χ1) is 8.66. The van der Waals surface area contributed by atoms with E-state index in [-0.39, 0.29) is 11.7 Å². The second kappa shape index (κ2) is 6.25. The van der Waals surface area contributed by atoms with Gasteiger partial charge in [0.25, 0.3) is 6.43 Å². The summed E-state index contributed by atoms with van der Waals surface area (Å²) < 4.78 is 30.6. The Labute approximate surface area is 106 Å². The van der Waals surface area contributed by atoms with Crippen molar-refractivity contribution in [2.24, 2.45) is 0 Å². The van der Waals surface area contributed by atoms with E-state index in [1.807, 2.05) is 0 Å². The lowest BCUT2D eigenvalue weighted by Gasteiger charge is -2.15. The zero-order valence-corrected chi connectivity index (χ0v) is 10.2. The lowest BCUT2D eigenvalue weighted by Crippen LogP contribution is -2.08. The summed E-state index contributed by atoms with van der Waals surface area (Å²) in [6.45, 7) is 0.793. The van der Waals surface area contributed by atoms with Gasteiger partial charge in [0.05, 0.1) is 12.2 Å². The van der Waals surface area contributed by atoms with E-state index in [0.29, 0.717) is 12.0 Å². The smallest absolute Gasteiger partial charge is 0.263 e. The third-order valence-corrected chi connectivity index (χ3v) is 3.33. The summed E-state index contributed by atoms with van der Waals surface area (Å²) in [5.74, 6) is 0. The van der Waals surface area contributed by atoms with Crippen LogP contribution in [0.4, 0.5) is 8.78 Å². The molecule has 2 atom stereocenters. The molecule has 0 aromatic heterocycles. The largest absolute Gasteiger partial charge is 0.388 e. The molecule has 18 heavy (non-hydrogen) atoms. The number of halogens is 2. The fourth-order valence-corrected chi connectivity index (χ4v) is 2.28. The number of alkyl halides is 2. The van der Waals surface area contributed by atoms with Crippen LogP contribution in [0, 0.1) is 0 Å². The van der Waals surface area contributed by atoms with Gasteiger partial charge in [0.2, 0.25) is 0 Å². The molecular formula is C14H18F2O2. The highest BCUT2D eigenvalue weighted by Gasteiger charge is 2.18. The van der Waals surface area contributed by atoms with Gasteiger partial charge in [0.1, 0.15) is 0 Å². The van der Waals surface area contributed by atoms with Crippen LogP contribution < -0.4 is 0 Å². The predicted octanol–water partition coefficient (Wildman–Crippen LogP) is 3.62. The van der Waals surface area contributed by atoms with Crippen LogP contribution in [0.25, 0.3) is 0 Å². The van der Waals surface area contributed by atoms with Crippen molar-refractivity contribution in [3.63, 3.8) is 0 Å². The van der Waals surface area contributed by atoms with Crippen LogP contribution in [0.15, 0.2) is 24.3 Å². The van der Waals surface area contributed by atoms with Gasteiger partial charge in [-0.2, -0.15) is 0 Å². The Morgan fingerprint density at radius 3 is 2.78 bits per heavy atom. The summed E-state index contributed by atoms with van der Waals surface area (Å²) in [7, 11) is 0. The van der Waals surface area contributed by atoms with Crippen molar-refractivity contribution >= 4 is 0 Å². The first-order valence-corrected chi connectivity index (χ1v) is 6.34. The van der Waals surface area contributed by atoms with E-state index in [1.54, 1.807) is 12.1 Å². The number of hydrogen-bond acceptors (Lipinski definition) is 2. The molecular weight excluding hydrogens is 238 g/mol. The van der Waals surface area contributed by atoms with Gasteiger partial charge in [0, 0.05) is 12.2 Å². The van der Waals surface area contributed by atoms with E-state index in [9.17, 15) is 13.9 Å². The normalized spacial score (nSPS) is 21.4. The summed E-state index contributed by atoms with van der Waals surface area (Å²) >= 11 is 0. The van der Waals surface area contributed by atoms with Gasteiger partial charge >= 0.3 is 0 Å². The molecule has 1 aliphatic heterocycles. The van der Waals surface area contributed by atoms with Crippen LogP contribution in [-0.2, 0) is 4.74 Å². The Balaban J connectivity index is 1.91. The molecule has 2 nitrogen and oxygen atoms in total. The van der Waals surface area contributed by atoms with E-state index < -0.39 is 12.5 Å². The maximum Gasteiger partial charge on any atom is 0.263 e. The molecule has 0 saturated carbocycles. The number of aliphatic hydroxyl groups excluding tert-OH is 1. The van der Waals surface area contributed by atoms with E-state index in [0.717, 1.165) is 25.9 Å². The zero-order chi connectivity index (χ0) is 13.0. The number of rotatable bonds is 5. The number of ether oxygens (including phenoxy) is 1. The minimum Gasteiger partial charge on any atom is -0.388 e. The molecule has 1 aliphatic rings. The monoisotopic (exact) mass is 256 g/mol. The standard InChI is InChI=1S/C14H18F2O2/c15-14(16)11-4-1-3-10(9-11)13(17)7-6-12-5-2-8-18-12/h1,3-4,9,12-14,17H,2,5-8H2. The van der Waals surface area contributed by atoms with Gasteiger partial charge in [-0.3, -0.25) is 0 Å². The molecule has 0 amide bonds. The average Bonchev–Trinajstić information content (AvgIpc) is 2.89. The Bertz CT molecular complexity index is 376. The van der Waals surface area contributed by atoms with E-state index in [2.05, 4.69) is 0 Å². The minimum absolute atomic E-state index is 0.0383. The molecule has 1 heterocycles. The van der Waals surface area contributed by atoms with Crippen LogP contribution in [0.2, 0.25) is 0 Å². The minimum atomic E-state index is -2.49. The average molecular weight is 256 g/mol. The van der Waals surface area contributed by atoms with Crippen LogP contribution in [-0.4, -0.2) is 17.8 Å². The highest BCUT2D eigenvalue weighted by molar-refractivity contribution is 5.25. The van der Waals surface area contributed by atoms with Gasteiger partial charge in [-0.15, -0.1) is 0 Å². The van der Waals surface area contributed by atoms with E-state index in [4.69, 9.17) is 4.74 Å². The summed E-state index contributed by atoms with van der Waals surface area (Å²) in [5, 5.41) is 9.99. The second-order valence-corrected chi connectivity index (χ2v) is 4.70. The van der Waals surface area contributed by atoms with Crippen molar-refractivity contribution in [3.05, 3.63) is 35.4 Å². The number of aliphatic hydroxyl groups is 1. The molecule has 0 bridgehead atoms. The Hall–Kier alpha value is -1.00. The second-order valence-electron chi connectivity index (χ2n) is 4.70. The van der Waals surface area contributed by atoms with Crippen LogP contribution in [0.3, 0.4) is 0 Å². The quantitative estimate of drug-likeness (QED) is 0.872. The third kappa shape index (κ3) is 3.50. The Kier molecular flexibility index (Phi) is 4.66. The highest BCUT2D eigenvalue weighted by atomic mass is 19.3. The molecule has 2 unspecified atom stereocenters. The molecule has 1 fully saturated rings. The Morgan fingerprint density at radius 2 is 2.11 bits per heavy atom. The maximum absolute atomic E-state index is 12.5. The Morgan fingerprint density at radius 1 is 1.33 bits per heavy atom. The van der Waals surface area contributed by atoms with Crippen LogP contribution in [0.1, 0.15) is 49.3 Å². The van der Waals surface area contributed by atoms with Crippen LogP contribution in [0.5, 0.6) is 0 Å². The highest BCUT2D eigenvalue weighted by Crippen LogP contribution is 2.26. The van der Waals surface area contributed by atoms with Gasteiger partial charge in [0.15, 0.2) is 0 Å². The molecule has 100 valence electrons. The van der Waals surface area contributed by atoms with Crippen molar-refractivity contribution in [2.75, 3.05) is 6.61 Å². The van der Waals surface area contributed by atoms with Crippen molar-refractivity contribution in [3.8, 4) is 0 Å². The molecule has 1 saturated heterocycles. The van der Waals surface area contributed by atoms with E-state index in [1.165, 1.54) is 12.1 Å². The summed E-state index contributed by atoms with van der Waals surface area (Å²) in [6, 6.07) is 6.00. The van der Waals surface area contributed by atoms with Gasteiger partial charge in [-0.25, -0.2) is 8.78 Å². The van der Waals surface area contributed by atoms with Gasteiger partial charge < -0.3 is 9.84 Å². The van der Waals surface area contributed by atoms with Gasteiger partial charge in [-0.05, 0) is 37.3 Å². The van der Waals surface area contributed by atoms with Crippen molar-refractivity contribution in [1.82, 2.24) is 0 Å². The fourth-order valence-electron chi connectivity index (χ4n) is 2.28. The van der Waals surface area contributed by atoms with Gasteiger partial charge in [-0.1, -0.05) is 18.2 Å². The maximum atomic E-state index is 12.5. The van der Waals surface area contributed by atoms with E-state index >= 15 is 0 Å². The third-order valence-electron chi connectivity index (χ3n) is 3.33. The first kappa shape index (κ1) is 13.4. The summed E-state index contributed by atoms with van der Waals surface area (Å²) in [4.78, 5) is 0. The summed E-state index contributed by atoms with van der Waals surface area (Å²) in [5.41, 5.74) is 0.523. The predicted molar refractivity (Wildman–Crippen MR) is 64.6 cm³/mol. The number of benzene rings is 1. The van der Waals surface area contributed by atoms with Crippen molar-refractivity contribution in [2.45, 2.75) is 44.3 Å². The first-order valence-electron chi connectivity index (χ1n) is 6.34. The molecule has 1 aromatic carbocycles.